The van der Waals surface area contributed by atoms with Crippen molar-refractivity contribution in [3.8, 4) is 11.9 Å². The molecule has 0 spiro atoms. The number of rotatable bonds is 9. The van der Waals surface area contributed by atoms with Crippen molar-refractivity contribution in [2.75, 3.05) is 19.4 Å². The van der Waals surface area contributed by atoms with E-state index in [9.17, 15) is 9.18 Å². The number of nitriles is 1. The Kier molecular flexibility index (Phi) is 10.3. The highest BCUT2D eigenvalue weighted by Crippen LogP contribution is 2.43. The maximum absolute atomic E-state index is 13.5. The number of carbonyl (C=O) groups excluding carboxylic acids is 1. The first-order valence-corrected chi connectivity index (χ1v) is 15.3. The summed E-state index contributed by atoms with van der Waals surface area (Å²) >= 11 is 7.29. The molecule has 7 nitrogen and oxygen atoms in total. The van der Waals surface area contributed by atoms with Gasteiger partial charge in [0.1, 0.15) is 11.6 Å². The van der Waals surface area contributed by atoms with E-state index in [1.54, 1.807) is 0 Å². The molecular formula is C30H37ClFN5O2S. The van der Waals surface area contributed by atoms with Crippen LogP contribution in [0.5, 0.6) is 5.75 Å². The fourth-order valence-corrected chi connectivity index (χ4v) is 6.63. The van der Waals surface area contributed by atoms with Crippen molar-refractivity contribution < 1.29 is 13.9 Å². The zero-order valence-electron chi connectivity index (χ0n) is 23.5. The summed E-state index contributed by atoms with van der Waals surface area (Å²) in [5.74, 6) is 0.164. The van der Waals surface area contributed by atoms with Crippen LogP contribution in [0.15, 0.2) is 35.3 Å². The predicted octanol–water partition coefficient (Wildman–Crippen LogP) is 6.14. The molecule has 0 radical (unpaired) electrons. The maximum atomic E-state index is 13.5. The highest BCUT2D eigenvalue weighted by molar-refractivity contribution is 8.13. The predicted molar refractivity (Wildman–Crippen MR) is 160 cm³/mol. The van der Waals surface area contributed by atoms with E-state index >= 15 is 0 Å². The first-order chi connectivity index (χ1) is 19.2. The third kappa shape index (κ3) is 6.91. The largest absolute Gasteiger partial charge is 0.493 e. The number of hydrogen-bond donors (Lipinski definition) is 2. The SMILES string of the molecule is CSC(=NCCCOc1ccc(C(C)N2C3CCC2CC(NC(=O)c2ccc(F)c(Cl)c2)C3)c(C)c1C)NC#N. The van der Waals surface area contributed by atoms with Gasteiger partial charge < -0.3 is 10.1 Å². The van der Waals surface area contributed by atoms with E-state index in [2.05, 4.69) is 53.4 Å². The Hall–Kier alpha value is -2.80. The first-order valence-electron chi connectivity index (χ1n) is 13.7. The van der Waals surface area contributed by atoms with Crippen LogP contribution in [0.4, 0.5) is 4.39 Å². The molecule has 2 aliphatic heterocycles. The maximum Gasteiger partial charge on any atom is 0.251 e. The van der Waals surface area contributed by atoms with Crippen LogP contribution in [-0.2, 0) is 0 Å². The number of halogens is 2. The quantitative estimate of drug-likeness (QED) is 0.121. The molecule has 2 heterocycles. The van der Waals surface area contributed by atoms with Gasteiger partial charge in [0.05, 0.1) is 11.6 Å². The summed E-state index contributed by atoms with van der Waals surface area (Å²) < 4.78 is 19.6. The molecule has 10 heteroatoms. The minimum atomic E-state index is -0.524. The van der Waals surface area contributed by atoms with Gasteiger partial charge in [-0.05, 0) is 93.7 Å². The average molecular weight is 586 g/mol. The van der Waals surface area contributed by atoms with Crippen molar-refractivity contribution in [2.24, 2.45) is 4.99 Å². The Morgan fingerprint density at radius 2 is 1.98 bits per heavy atom. The molecule has 2 bridgehead atoms. The molecule has 0 saturated carbocycles. The lowest BCUT2D eigenvalue weighted by atomic mass is 9.91. The van der Waals surface area contributed by atoms with Gasteiger partial charge in [0.25, 0.3) is 5.91 Å². The molecule has 0 aliphatic carbocycles. The first kappa shape index (κ1) is 30.2. The number of benzene rings is 2. The third-order valence-corrected chi connectivity index (χ3v) is 9.06. The summed E-state index contributed by atoms with van der Waals surface area (Å²) in [6.45, 7) is 7.71. The van der Waals surface area contributed by atoms with Crippen molar-refractivity contribution in [3.05, 3.63) is 63.4 Å². The van der Waals surface area contributed by atoms with Crippen LogP contribution in [0.25, 0.3) is 0 Å². The lowest BCUT2D eigenvalue weighted by Gasteiger charge is -2.43. The third-order valence-electron chi connectivity index (χ3n) is 8.15. The van der Waals surface area contributed by atoms with Crippen LogP contribution < -0.4 is 15.4 Å². The van der Waals surface area contributed by atoms with Crippen LogP contribution in [-0.4, -0.2) is 53.5 Å². The number of thioether (sulfide) groups is 1. The standard InChI is InChI=1S/C30H37ClFN5O2S/c1-18-19(2)28(39-13-5-12-34-30(40-4)35-17-33)11-9-25(18)20(3)37-23-7-8-24(37)16-22(15-23)36-29(38)21-6-10-27(32)26(31)14-21/h6,9-11,14,20,22-24H,5,7-8,12-13,15-16H2,1-4H3,(H,34,35)(H,36,38). The number of carbonyl (C=O) groups is 1. The van der Waals surface area contributed by atoms with Gasteiger partial charge in [-0.25, -0.2) is 4.39 Å². The van der Waals surface area contributed by atoms with Gasteiger partial charge in [0.15, 0.2) is 11.4 Å². The van der Waals surface area contributed by atoms with Crippen LogP contribution in [0.2, 0.25) is 5.02 Å². The van der Waals surface area contributed by atoms with Gasteiger partial charge >= 0.3 is 0 Å². The number of amides is 1. The number of ether oxygens (including phenoxy) is 1. The summed E-state index contributed by atoms with van der Waals surface area (Å²) in [5.41, 5.74) is 4.09. The van der Waals surface area contributed by atoms with Crippen molar-refractivity contribution >= 4 is 34.4 Å². The molecule has 3 unspecified atom stereocenters. The number of aliphatic imine (C=N–C) groups is 1. The van der Waals surface area contributed by atoms with Gasteiger partial charge in [0, 0.05) is 42.7 Å². The minimum Gasteiger partial charge on any atom is -0.493 e. The molecule has 3 atom stereocenters. The van der Waals surface area contributed by atoms with E-state index in [0.29, 0.717) is 36.0 Å². The second kappa shape index (κ2) is 13.7. The number of nitrogens with zero attached hydrogens (tertiary/aromatic N) is 3. The van der Waals surface area contributed by atoms with E-state index in [4.69, 9.17) is 21.6 Å². The van der Waals surface area contributed by atoms with Crippen LogP contribution >= 0.6 is 23.4 Å². The smallest absolute Gasteiger partial charge is 0.251 e. The van der Waals surface area contributed by atoms with E-state index in [0.717, 1.165) is 43.4 Å². The zero-order chi connectivity index (χ0) is 28.8. The molecule has 0 aromatic heterocycles. The van der Waals surface area contributed by atoms with Gasteiger partial charge in [-0.3, -0.25) is 20.0 Å². The van der Waals surface area contributed by atoms with Gasteiger partial charge in [-0.15, -0.1) is 0 Å². The normalized spacial score (nSPS) is 21.5. The lowest BCUT2D eigenvalue weighted by molar-refractivity contribution is 0.0689. The van der Waals surface area contributed by atoms with Crippen LogP contribution in [0.1, 0.15) is 72.1 Å². The molecule has 2 aromatic carbocycles. The van der Waals surface area contributed by atoms with Gasteiger partial charge in [0.2, 0.25) is 0 Å². The fraction of sp³-hybridized carbons (Fsp3) is 0.500. The Labute approximate surface area is 245 Å². The summed E-state index contributed by atoms with van der Waals surface area (Å²) in [7, 11) is 0. The average Bonchev–Trinajstić information content (AvgIpc) is 3.21. The summed E-state index contributed by atoms with van der Waals surface area (Å²) in [6, 6.07) is 9.50. The van der Waals surface area contributed by atoms with Gasteiger partial charge in [-0.2, -0.15) is 5.26 Å². The molecule has 2 saturated heterocycles. The molecule has 2 aromatic rings. The fourth-order valence-electron chi connectivity index (χ4n) is 6.09. The molecule has 40 heavy (non-hydrogen) atoms. The molecule has 2 fully saturated rings. The number of piperidine rings is 1. The van der Waals surface area contributed by atoms with Crippen molar-refractivity contribution in [1.29, 1.82) is 5.26 Å². The molecule has 2 aliphatic rings. The lowest BCUT2D eigenvalue weighted by Crippen LogP contribution is -2.51. The second-order valence-electron chi connectivity index (χ2n) is 10.5. The molecular weight excluding hydrogens is 549 g/mol. The Bertz CT molecular complexity index is 1290. The van der Waals surface area contributed by atoms with E-state index < -0.39 is 5.82 Å². The topological polar surface area (TPSA) is 89.8 Å². The highest BCUT2D eigenvalue weighted by Gasteiger charge is 2.43. The zero-order valence-corrected chi connectivity index (χ0v) is 25.0. The monoisotopic (exact) mass is 585 g/mol. The van der Waals surface area contributed by atoms with Gasteiger partial charge in [-0.1, -0.05) is 29.4 Å². The Morgan fingerprint density at radius 1 is 1.25 bits per heavy atom. The van der Waals surface area contributed by atoms with Crippen molar-refractivity contribution in [2.45, 2.75) is 77.0 Å². The summed E-state index contributed by atoms with van der Waals surface area (Å²) in [5, 5.41) is 15.1. The van der Waals surface area contributed by atoms with E-state index in [1.807, 2.05) is 12.4 Å². The second-order valence-corrected chi connectivity index (χ2v) is 11.7. The minimum absolute atomic E-state index is 0.0399. The van der Waals surface area contributed by atoms with Crippen molar-refractivity contribution in [3.63, 3.8) is 0 Å². The van der Waals surface area contributed by atoms with Crippen LogP contribution in [0.3, 0.4) is 0 Å². The number of amidine groups is 1. The summed E-state index contributed by atoms with van der Waals surface area (Å²) in [4.78, 5) is 19.8. The number of nitrogens with one attached hydrogen (secondary N) is 2. The molecule has 214 valence electrons. The Balaban J connectivity index is 1.35. The molecule has 2 N–H and O–H groups in total. The number of fused-ring (bicyclic) bond motifs is 2. The molecule has 1 amide bonds. The Morgan fingerprint density at radius 3 is 2.62 bits per heavy atom. The van der Waals surface area contributed by atoms with Crippen LogP contribution in [0, 0.1) is 31.1 Å². The van der Waals surface area contributed by atoms with E-state index in [-0.39, 0.29) is 23.0 Å². The highest BCUT2D eigenvalue weighted by atomic mass is 35.5. The van der Waals surface area contributed by atoms with E-state index in [1.165, 1.54) is 41.1 Å². The van der Waals surface area contributed by atoms with Crippen molar-refractivity contribution in [1.82, 2.24) is 15.5 Å². The number of hydrogen-bond acceptors (Lipinski definition) is 6. The molecule has 4 rings (SSSR count). The summed E-state index contributed by atoms with van der Waals surface area (Å²) in [6.07, 6.45) is 8.57.